The highest BCUT2D eigenvalue weighted by Gasteiger charge is 2.29. The predicted octanol–water partition coefficient (Wildman–Crippen LogP) is 3.53. The molecule has 0 unspecified atom stereocenters. The molecule has 1 heterocycles. The summed E-state index contributed by atoms with van der Waals surface area (Å²) in [6.45, 7) is 12.7. The second-order valence-corrected chi connectivity index (χ2v) is 6.96. The van der Waals surface area contributed by atoms with E-state index in [0.717, 1.165) is 19.0 Å². The molecule has 0 aromatic heterocycles. The highest BCUT2D eigenvalue weighted by atomic mass is 15.2. The highest BCUT2D eigenvalue weighted by molar-refractivity contribution is 5.15. The van der Waals surface area contributed by atoms with Crippen molar-refractivity contribution in [3.63, 3.8) is 0 Å². The lowest BCUT2D eigenvalue weighted by molar-refractivity contribution is 0.0852. The average molecular weight is 274 g/mol. The van der Waals surface area contributed by atoms with E-state index in [1.807, 2.05) is 0 Å². The first-order valence-electron chi connectivity index (χ1n) is 8.07. The van der Waals surface area contributed by atoms with Gasteiger partial charge in [-0.1, -0.05) is 58.0 Å². The molecule has 0 saturated carbocycles. The zero-order valence-corrected chi connectivity index (χ0v) is 13.5. The summed E-state index contributed by atoms with van der Waals surface area (Å²) >= 11 is 0. The molecule has 2 heteroatoms. The molecule has 2 atom stereocenters. The van der Waals surface area contributed by atoms with Gasteiger partial charge in [0.15, 0.2) is 0 Å². The third-order valence-corrected chi connectivity index (χ3v) is 4.29. The smallest absolute Gasteiger partial charge is 0.0247 e. The van der Waals surface area contributed by atoms with Gasteiger partial charge in [-0.05, 0) is 23.8 Å². The van der Waals surface area contributed by atoms with Crippen LogP contribution in [0.3, 0.4) is 0 Å². The largest absolute Gasteiger partial charge is 0.311 e. The Hall–Kier alpha value is -0.860. The van der Waals surface area contributed by atoms with Gasteiger partial charge in [-0.3, -0.25) is 4.90 Å². The van der Waals surface area contributed by atoms with E-state index in [9.17, 15) is 0 Å². The molecule has 0 bridgehead atoms. The van der Waals surface area contributed by atoms with Gasteiger partial charge in [-0.15, -0.1) is 0 Å². The Balaban J connectivity index is 2.03. The van der Waals surface area contributed by atoms with Gasteiger partial charge in [-0.2, -0.15) is 0 Å². The molecule has 1 aromatic rings. The summed E-state index contributed by atoms with van der Waals surface area (Å²) in [5, 5.41) is 3.76. The lowest BCUT2D eigenvalue weighted by Gasteiger charge is -2.43. The summed E-state index contributed by atoms with van der Waals surface area (Å²) in [4.78, 5) is 2.68. The van der Waals surface area contributed by atoms with Gasteiger partial charge in [0.05, 0.1) is 0 Å². The van der Waals surface area contributed by atoms with E-state index in [-0.39, 0.29) is 0 Å². The first-order valence-corrected chi connectivity index (χ1v) is 8.07. The first kappa shape index (κ1) is 15.5. The molecule has 0 radical (unpaired) electrons. The maximum atomic E-state index is 3.76. The van der Waals surface area contributed by atoms with Gasteiger partial charge in [0.25, 0.3) is 0 Å². The van der Waals surface area contributed by atoms with E-state index < -0.39 is 0 Å². The fraction of sp³-hybridized carbons (Fsp3) is 0.667. The van der Waals surface area contributed by atoms with Crippen LogP contribution in [0.5, 0.6) is 0 Å². The fourth-order valence-electron chi connectivity index (χ4n) is 3.28. The Labute approximate surface area is 124 Å². The van der Waals surface area contributed by atoms with Gasteiger partial charge in [0.2, 0.25) is 0 Å². The predicted molar refractivity (Wildman–Crippen MR) is 86.7 cm³/mol. The Kier molecular flexibility index (Phi) is 5.62. The zero-order chi connectivity index (χ0) is 14.5. The van der Waals surface area contributed by atoms with Crippen LogP contribution in [0.25, 0.3) is 0 Å². The van der Waals surface area contributed by atoms with Gasteiger partial charge >= 0.3 is 0 Å². The first-order chi connectivity index (χ1) is 9.56. The molecule has 0 spiro atoms. The Morgan fingerprint density at radius 1 is 1.15 bits per heavy atom. The van der Waals surface area contributed by atoms with E-state index in [1.165, 1.54) is 18.5 Å². The van der Waals surface area contributed by atoms with E-state index in [4.69, 9.17) is 0 Å². The minimum atomic E-state index is 0.647. The quantitative estimate of drug-likeness (QED) is 0.883. The van der Waals surface area contributed by atoms with E-state index in [1.54, 1.807) is 0 Å². The van der Waals surface area contributed by atoms with Crippen LogP contribution in [-0.4, -0.2) is 30.1 Å². The zero-order valence-electron chi connectivity index (χ0n) is 13.5. The van der Waals surface area contributed by atoms with Crippen molar-refractivity contribution in [1.82, 2.24) is 10.2 Å². The number of nitrogens with one attached hydrogen (secondary N) is 1. The van der Waals surface area contributed by atoms with Crippen LogP contribution in [0.4, 0.5) is 0 Å². The molecule has 1 saturated heterocycles. The van der Waals surface area contributed by atoms with E-state index >= 15 is 0 Å². The van der Waals surface area contributed by atoms with Crippen molar-refractivity contribution in [2.75, 3.05) is 13.1 Å². The molecule has 1 aromatic carbocycles. The summed E-state index contributed by atoms with van der Waals surface area (Å²) in [7, 11) is 0. The third kappa shape index (κ3) is 4.32. The minimum absolute atomic E-state index is 0.647. The van der Waals surface area contributed by atoms with Crippen LogP contribution in [0.2, 0.25) is 0 Å². The maximum absolute atomic E-state index is 3.76. The van der Waals surface area contributed by atoms with Crippen molar-refractivity contribution in [3.8, 4) is 0 Å². The Morgan fingerprint density at radius 3 is 2.45 bits per heavy atom. The topological polar surface area (TPSA) is 15.3 Å². The molecule has 1 N–H and O–H groups in total. The molecule has 1 fully saturated rings. The van der Waals surface area contributed by atoms with Crippen LogP contribution < -0.4 is 5.32 Å². The second kappa shape index (κ2) is 7.24. The number of piperazine rings is 1. The number of nitrogens with zero attached hydrogens (tertiary/aromatic N) is 1. The molecule has 1 aliphatic rings. The van der Waals surface area contributed by atoms with E-state index in [0.29, 0.717) is 18.0 Å². The van der Waals surface area contributed by atoms with Crippen molar-refractivity contribution in [2.24, 2.45) is 11.8 Å². The highest BCUT2D eigenvalue weighted by Crippen LogP contribution is 2.20. The molecule has 1 aliphatic heterocycles. The van der Waals surface area contributed by atoms with Gasteiger partial charge in [0, 0.05) is 31.7 Å². The fourth-order valence-corrected chi connectivity index (χ4v) is 3.28. The standard InChI is InChI=1S/C18H30N2/c1-14(2)10-17-13-20(18(11-19-17)15(3)4)12-16-8-6-5-7-9-16/h5-9,14-15,17-19H,10-13H2,1-4H3/t17-,18-/m1/s1. The normalized spacial score (nSPS) is 24.5. The van der Waals surface area contributed by atoms with Crippen LogP contribution in [0.15, 0.2) is 30.3 Å². The number of rotatable bonds is 5. The molecule has 2 nitrogen and oxygen atoms in total. The molecular formula is C18H30N2. The van der Waals surface area contributed by atoms with Gasteiger partial charge < -0.3 is 5.32 Å². The molecule has 20 heavy (non-hydrogen) atoms. The third-order valence-electron chi connectivity index (χ3n) is 4.29. The van der Waals surface area contributed by atoms with Crippen molar-refractivity contribution in [3.05, 3.63) is 35.9 Å². The molecule has 112 valence electrons. The van der Waals surface area contributed by atoms with Crippen molar-refractivity contribution >= 4 is 0 Å². The van der Waals surface area contributed by atoms with E-state index in [2.05, 4.69) is 68.2 Å². The lowest BCUT2D eigenvalue weighted by atomic mass is 9.94. The van der Waals surface area contributed by atoms with Crippen molar-refractivity contribution in [1.29, 1.82) is 0 Å². The monoisotopic (exact) mass is 274 g/mol. The number of hydrogen-bond donors (Lipinski definition) is 1. The molecule has 0 amide bonds. The maximum Gasteiger partial charge on any atom is 0.0247 e. The summed E-state index contributed by atoms with van der Waals surface area (Å²) < 4.78 is 0. The molecular weight excluding hydrogens is 244 g/mol. The Morgan fingerprint density at radius 2 is 1.85 bits per heavy atom. The van der Waals surface area contributed by atoms with Crippen molar-refractivity contribution < 1.29 is 0 Å². The summed E-state index contributed by atoms with van der Waals surface area (Å²) in [6.07, 6.45) is 1.27. The summed E-state index contributed by atoms with van der Waals surface area (Å²) in [5.41, 5.74) is 1.43. The van der Waals surface area contributed by atoms with Crippen molar-refractivity contribution in [2.45, 2.75) is 52.7 Å². The molecule has 0 aliphatic carbocycles. The average Bonchev–Trinajstić information content (AvgIpc) is 2.39. The summed E-state index contributed by atoms with van der Waals surface area (Å²) in [5.74, 6) is 1.47. The Bertz CT molecular complexity index is 386. The van der Waals surface area contributed by atoms with Gasteiger partial charge in [-0.25, -0.2) is 0 Å². The van der Waals surface area contributed by atoms with Crippen LogP contribution >= 0.6 is 0 Å². The number of benzene rings is 1. The SMILES string of the molecule is CC(C)C[C@@H]1CN(Cc2ccccc2)[C@@H](C(C)C)CN1. The summed E-state index contributed by atoms with van der Waals surface area (Å²) in [6, 6.07) is 12.2. The molecule has 2 rings (SSSR count). The number of hydrogen-bond acceptors (Lipinski definition) is 2. The second-order valence-electron chi connectivity index (χ2n) is 6.96. The van der Waals surface area contributed by atoms with Crippen LogP contribution in [-0.2, 0) is 6.54 Å². The van der Waals surface area contributed by atoms with Gasteiger partial charge in [0.1, 0.15) is 0 Å². The lowest BCUT2D eigenvalue weighted by Crippen LogP contribution is -2.58. The minimum Gasteiger partial charge on any atom is -0.311 e. The van der Waals surface area contributed by atoms with Crippen LogP contribution in [0, 0.1) is 11.8 Å². The van der Waals surface area contributed by atoms with Crippen LogP contribution in [0.1, 0.15) is 39.7 Å².